The number of nitrogens with zero attached hydrogens (tertiary/aromatic N) is 2. The molecular weight excluding hydrogens is 316 g/mol. The summed E-state index contributed by atoms with van der Waals surface area (Å²) in [6.07, 6.45) is 1.94. The number of hydrogen-bond acceptors (Lipinski definition) is 5. The molecule has 3 aromatic rings. The molecule has 0 spiro atoms. The van der Waals surface area contributed by atoms with Gasteiger partial charge in [-0.15, -0.1) is 11.3 Å². The highest BCUT2D eigenvalue weighted by atomic mass is 32.2. The first kappa shape index (κ1) is 15.1. The van der Waals surface area contributed by atoms with Crippen LogP contribution < -0.4 is 5.56 Å². The van der Waals surface area contributed by atoms with E-state index in [9.17, 15) is 9.90 Å². The smallest absolute Gasteiger partial charge is 0.263 e. The highest BCUT2D eigenvalue weighted by Gasteiger charge is 2.21. The second-order valence-corrected chi connectivity index (χ2v) is 6.98. The second kappa shape index (κ2) is 5.78. The van der Waals surface area contributed by atoms with Gasteiger partial charge in [-0.3, -0.25) is 9.36 Å². The zero-order valence-electron chi connectivity index (χ0n) is 12.6. The van der Waals surface area contributed by atoms with Gasteiger partial charge in [0.05, 0.1) is 5.56 Å². The minimum Gasteiger partial charge on any atom is -0.505 e. The summed E-state index contributed by atoms with van der Waals surface area (Å²) in [6.45, 7) is 4.37. The molecule has 22 heavy (non-hydrogen) atoms. The maximum Gasteiger partial charge on any atom is 0.263 e. The maximum absolute atomic E-state index is 12.8. The number of rotatable bonds is 3. The summed E-state index contributed by atoms with van der Waals surface area (Å²) in [4.78, 5) is 17.3. The summed E-state index contributed by atoms with van der Waals surface area (Å²) >= 11 is 2.93. The van der Waals surface area contributed by atoms with Gasteiger partial charge in [0.1, 0.15) is 10.4 Å². The Labute approximate surface area is 136 Å². The Hall–Kier alpha value is -1.79. The number of thiazole rings is 1. The SMILES string of the molecule is CCn1c(=O)c(-c2ccccc2C)c(O)c2sc(SC)nc21. The number of aromatic nitrogens is 2. The van der Waals surface area contributed by atoms with Gasteiger partial charge >= 0.3 is 0 Å². The van der Waals surface area contributed by atoms with Crippen LogP contribution in [-0.4, -0.2) is 20.9 Å². The molecule has 6 heteroatoms. The van der Waals surface area contributed by atoms with Gasteiger partial charge in [-0.25, -0.2) is 4.98 Å². The summed E-state index contributed by atoms with van der Waals surface area (Å²) in [5.74, 6) is 0.0387. The Morgan fingerprint density at radius 2 is 2.09 bits per heavy atom. The molecular formula is C16H16N2O2S2. The van der Waals surface area contributed by atoms with Crippen molar-refractivity contribution in [3.05, 3.63) is 40.2 Å². The topological polar surface area (TPSA) is 55.1 Å². The van der Waals surface area contributed by atoms with Crippen LogP contribution in [0.3, 0.4) is 0 Å². The van der Waals surface area contributed by atoms with Gasteiger partial charge in [0.25, 0.3) is 5.56 Å². The molecule has 0 unspecified atom stereocenters. The van der Waals surface area contributed by atoms with Crippen LogP contribution in [0.5, 0.6) is 5.75 Å². The molecule has 0 aliphatic rings. The molecule has 114 valence electrons. The minimum atomic E-state index is -0.195. The van der Waals surface area contributed by atoms with Crippen molar-refractivity contribution in [3.63, 3.8) is 0 Å². The fourth-order valence-corrected chi connectivity index (χ4v) is 4.07. The third-order valence-corrected chi connectivity index (χ3v) is 5.70. The summed E-state index contributed by atoms with van der Waals surface area (Å²) in [5.41, 5.74) is 2.47. The first-order valence-corrected chi connectivity index (χ1v) is 8.98. The molecule has 1 aromatic carbocycles. The van der Waals surface area contributed by atoms with Crippen LogP contribution >= 0.6 is 23.1 Å². The van der Waals surface area contributed by atoms with Gasteiger partial charge in [-0.1, -0.05) is 36.0 Å². The van der Waals surface area contributed by atoms with E-state index in [1.807, 2.05) is 44.4 Å². The molecule has 0 amide bonds. The number of hydrogen-bond donors (Lipinski definition) is 1. The fourth-order valence-electron chi connectivity index (χ4n) is 2.55. The average Bonchev–Trinajstić information content (AvgIpc) is 2.94. The molecule has 0 bridgehead atoms. The number of pyridine rings is 1. The Bertz CT molecular complexity index is 912. The van der Waals surface area contributed by atoms with Crippen molar-refractivity contribution in [2.75, 3.05) is 6.26 Å². The Morgan fingerprint density at radius 3 is 2.73 bits per heavy atom. The van der Waals surface area contributed by atoms with Gasteiger partial charge in [0.15, 0.2) is 9.99 Å². The lowest BCUT2D eigenvalue weighted by Crippen LogP contribution is -2.21. The molecule has 0 saturated heterocycles. The molecule has 3 rings (SSSR count). The highest BCUT2D eigenvalue weighted by Crippen LogP contribution is 2.39. The standard InChI is InChI=1S/C16H16N2O2S2/c1-4-18-14-13(22-16(17-14)21-3)12(19)11(15(18)20)10-8-6-5-7-9(10)2/h5-8,19H,4H2,1-3H3. The molecule has 0 radical (unpaired) electrons. The van der Waals surface area contributed by atoms with Crippen molar-refractivity contribution < 1.29 is 5.11 Å². The molecule has 4 nitrogen and oxygen atoms in total. The van der Waals surface area contributed by atoms with Crippen LogP contribution in [0.4, 0.5) is 0 Å². The fraction of sp³-hybridized carbons (Fsp3) is 0.250. The number of thioether (sulfide) groups is 1. The van der Waals surface area contributed by atoms with Crippen LogP contribution in [-0.2, 0) is 6.54 Å². The van der Waals surface area contributed by atoms with Crippen molar-refractivity contribution in [1.82, 2.24) is 9.55 Å². The Kier molecular flexibility index (Phi) is 3.97. The number of fused-ring (bicyclic) bond motifs is 1. The van der Waals surface area contributed by atoms with Crippen LogP contribution in [0.15, 0.2) is 33.4 Å². The molecule has 0 atom stereocenters. The summed E-state index contributed by atoms with van der Waals surface area (Å²) in [6, 6.07) is 7.61. The predicted molar refractivity (Wildman–Crippen MR) is 93.2 cm³/mol. The quantitative estimate of drug-likeness (QED) is 0.740. The van der Waals surface area contributed by atoms with Crippen LogP contribution in [0.25, 0.3) is 21.5 Å². The van der Waals surface area contributed by atoms with E-state index in [0.29, 0.717) is 22.5 Å². The summed E-state index contributed by atoms with van der Waals surface area (Å²) in [5, 5.41) is 10.7. The number of benzene rings is 1. The van der Waals surface area contributed by atoms with E-state index in [0.717, 1.165) is 15.5 Å². The normalized spacial score (nSPS) is 11.2. The van der Waals surface area contributed by atoms with E-state index in [2.05, 4.69) is 4.98 Å². The monoisotopic (exact) mass is 332 g/mol. The third kappa shape index (κ3) is 2.23. The van der Waals surface area contributed by atoms with E-state index in [4.69, 9.17) is 0 Å². The maximum atomic E-state index is 12.8. The van der Waals surface area contributed by atoms with Gasteiger partial charge in [0, 0.05) is 6.54 Å². The van der Waals surface area contributed by atoms with E-state index in [1.165, 1.54) is 23.1 Å². The zero-order chi connectivity index (χ0) is 15.9. The van der Waals surface area contributed by atoms with E-state index in [1.54, 1.807) is 4.57 Å². The molecule has 2 heterocycles. The summed E-state index contributed by atoms with van der Waals surface area (Å²) < 4.78 is 3.14. The highest BCUT2D eigenvalue weighted by molar-refractivity contribution is 8.00. The molecule has 0 aliphatic carbocycles. The van der Waals surface area contributed by atoms with Gasteiger partial charge < -0.3 is 5.11 Å². The first-order chi connectivity index (χ1) is 10.6. The van der Waals surface area contributed by atoms with Crippen LogP contribution in [0, 0.1) is 6.92 Å². The lowest BCUT2D eigenvalue weighted by atomic mass is 10.0. The molecule has 0 fully saturated rings. The van der Waals surface area contributed by atoms with Gasteiger partial charge in [-0.2, -0.15) is 0 Å². The molecule has 0 saturated carbocycles. The Morgan fingerprint density at radius 1 is 1.36 bits per heavy atom. The van der Waals surface area contributed by atoms with Gasteiger partial charge in [0.2, 0.25) is 0 Å². The second-order valence-electron chi connectivity index (χ2n) is 4.92. The number of aryl methyl sites for hydroxylation is 2. The number of aromatic hydroxyl groups is 1. The largest absolute Gasteiger partial charge is 0.505 e. The third-order valence-electron chi connectivity index (χ3n) is 3.66. The first-order valence-electron chi connectivity index (χ1n) is 6.94. The predicted octanol–water partition coefficient (Wildman–Crippen LogP) is 3.88. The lowest BCUT2D eigenvalue weighted by molar-refractivity contribution is 0.482. The van der Waals surface area contributed by atoms with E-state index >= 15 is 0 Å². The molecule has 2 aromatic heterocycles. The van der Waals surface area contributed by atoms with Crippen molar-refractivity contribution >= 4 is 33.4 Å². The van der Waals surface area contributed by atoms with Crippen molar-refractivity contribution in [2.24, 2.45) is 0 Å². The molecule has 1 N–H and O–H groups in total. The summed E-state index contributed by atoms with van der Waals surface area (Å²) in [7, 11) is 0. The van der Waals surface area contributed by atoms with Crippen LogP contribution in [0.1, 0.15) is 12.5 Å². The van der Waals surface area contributed by atoms with Crippen molar-refractivity contribution in [2.45, 2.75) is 24.7 Å². The minimum absolute atomic E-state index is 0.0387. The van der Waals surface area contributed by atoms with Gasteiger partial charge in [-0.05, 0) is 31.2 Å². The van der Waals surface area contributed by atoms with Crippen molar-refractivity contribution in [3.8, 4) is 16.9 Å². The van der Waals surface area contributed by atoms with Crippen molar-refractivity contribution in [1.29, 1.82) is 0 Å². The van der Waals surface area contributed by atoms with Crippen LogP contribution in [0.2, 0.25) is 0 Å². The average molecular weight is 332 g/mol. The van der Waals surface area contributed by atoms with E-state index < -0.39 is 0 Å². The Balaban J connectivity index is 2.46. The zero-order valence-corrected chi connectivity index (χ0v) is 14.2. The molecule has 0 aliphatic heterocycles. The van der Waals surface area contributed by atoms with E-state index in [-0.39, 0.29) is 11.3 Å². The lowest BCUT2D eigenvalue weighted by Gasteiger charge is -2.11.